The van der Waals surface area contributed by atoms with E-state index < -0.39 is 0 Å². The number of nitrogens with one attached hydrogen (secondary N) is 1. The van der Waals surface area contributed by atoms with E-state index in [-0.39, 0.29) is 0 Å². The summed E-state index contributed by atoms with van der Waals surface area (Å²) in [5.74, 6) is 1.97. The van der Waals surface area contributed by atoms with Crippen LogP contribution in [0.15, 0.2) is 71.9 Å². The molecule has 1 heterocycles. The lowest BCUT2D eigenvalue weighted by Crippen LogP contribution is -2.17. The standard InChI is InChI=1S/C25H25Cl2N5O2S/c1-2-33-23-15-19(14-22(27)24(23)34-17-18-8-10-20(26)11-9-18)16-28-12-13-35-25-29-30-31-32(25)21-6-4-3-5-7-21/h3-11,14-15,28H,2,12-13,16-17H2,1H3. The molecule has 0 saturated heterocycles. The van der Waals surface area contributed by atoms with Crippen LogP contribution in [0.25, 0.3) is 5.69 Å². The second-order valence-electron chi connectivity index (χ2n) is 7.49. The monoisotopic (exact) mass is 529 g/mol. The molecule has 4 aromatic rings. The van der Waals surface area contributed by atoms with Gasteiger partial charge in [0.25, 0.3) is 0 Å². The van der Waals surface area contributed by atoms with Gasteiger partial charge in [-0.1, -0.05) is 65.3 Å². The molecule has 182 valence electrons. The molecule has 0 aliphatic rings. The van der Waals surface area contributed by atoms with Crippen LogP contribution in [0.3, 0.4) is 0 Å². The summed E-state index contributed by atoms with van der Waals surface area (Å²) in [6.07, 6.45) is 0. The Bertz CT molecular complexity index is 1220. The summed E-state index contributed by atoms with van der Waals surface area (Å²) in [7, 11) is 0. The second kappa shape index (κ2) is 12.8. The van der Waals surface area contributed by atoms with Crippen molar-refractivity contribution >= 4 is 35.0 Å². The van der Waals surface area contributed by atoms with Gasteiger partial charge in [-0.3, -0.25) is 0 Å². The van der Waals surface area contributed by atoms with E-state index in [0.29, 0.717) is 41.3 Å². The van der Waals surface area contributed by atoms with Gasteiger partial charge in [-0.2, -0.15) is 4.68 Å². The van der Waals surface area contributed by atoms with Crippen molar-refractivity contribution < 1.29 is 9.47 Å². The highest BCUT2D eigenvalue weighted by Gasteiger charge is 2.13. The van der Waals surface area contributed by atoms with E-state index in [9.17, 15) is 0 Å². The lowest BCUT2D eigenvalue weighted by Gasteiger charge is -2.16. The average molecular weight is 530 g/mol. The number of benzene rings is 3. The molecule has 3 aromatic carbocycles. The Kier molecular flexibility index (Phi) is 9.25. The minimum Gasteiger partial charge on any atom is -0.490 e. The Morgan fingerprint density at radius 2 is 1.77 bits per heavy atom. The number of aromatic nitrogens is 4. The molecule has 10 heteroatoms. The smallest absolute Gasteiger partial charge is 0.214 e. The number of nitrogens with zero attached hydrogens (tertiary/aromatic N) is 4. The van der Waals surface area contributed by atoms with E-state index in [1.165, 1.54) is 0 Å². The van der Waals surface area contributed by atoms with Crippen molar-refractivity contribution in [3.8, 4) is 17.2 Å². The van der Waals surface area contributed by atoms with E-state index in [1.807, 2.05) is 73.7 Å². The van der Waals surface area contributed by atoms with E-state index in [2.05, 4.69) is 20.8 Å². The molecule has 0 amide bonds. The van der Waals surface area contributed by atoms with Crippen LogP contribution in [0.2, 0.25) is 10.0 Å². The molecule has 0 saturated carbocycles. The second-order valence-corrected chi connectivity index (χ2v) is 9.39. The number of hydrogen-bond donors (Lipinski definition) is 1. The number of halogens is 2. The Hall–Kier alpha value is -2.78. The molecule has 0 bridgehead atoms. The Morgan fingerprint density at radius 1 is 0.971 bits per heavy atom. The number of tetrazole rings is 1. The van der Waals surface area contributed by atoms with Gasteiger partial charge in [0.05, 0.1) is 17.3 Å². The average Bonchev–Trinajstić information content (AvgIpc) is 3.34. The van der Waals surface area contributed by atoms with E-state index in [0.717, 1.165) is 34.3 Å². The maximum absolute atomic E-state index is 6.56. The van der Waals surface area contributed by atoms with Crippen LogP contribution < -0.4 is 14.8 Å². The van der Waals surface area contributed by atoms with Gasteiger partial charge in [0.1, 0.15) is 6.61 Å². The Balaban J connectivity index is 1.31. The van der Waals surface area contributed by atoms with Crippen LogP contribution >= 0.6 is 35.0 Å². The highest BCUT2D eigenvalue weighted by molar-refractivity contribution is 7.99. The summed E-state index contributed by atoms with van der Waals surface area (Å²) in [4.78, 5) is 0. The van der Waals surface area contributed by atoms with Crippen molar-refractivity contribution in [2.75, 3.05) is 18.9 Å². The molecule has 4 rings (SSSR count). The number of hydrogen-bond acceptors (Lipinski definition) is 7. The fourth-order valence-corrected chi connectivity index (χ4v) is 4.51. The summed E-state index contributed by atoms with van der Waals surface area (Å²) in [6, 6.07) is 21.2. The highest BCUT2D eigenvalue weighted by Crippen LogP contribution is 2.37. The maximum atomic E-state index is 6.56. The van der Waals surface area contributed by atoms with Crippen LogP contribution in [0.5, 0.6) is 11.5 Å². The molecule has 0 aliphatic heterocycles. The zero-order valence-electron chi connectivity index (χ0n) is 19.2. The number of para-hydroxylation sites is 1. The van der Waals surface area contributed by atoms with Crippen molar-refractivity contribution in [2.45, 2.75) is 25.2 Å². The first-order valence-electron chi connectivity index (χ1n) is 11.1. The first kappa shape index (κ1) is 25.3. The van der Waals surface area contributed by atoms with Crippen LogP contribution in [0.4, 0.5) is 0 Å². The number of ether oxygens (including phenoxy) is 2. The third-order valence-corrected chi connectivity index (χ3v) is 6.40. The van der Waals surface area contributed by atoms with Gasteiger partial charge in [0.2, 0.25) is 5.16 Å². The predicted octanol–water partition coefficient (Wildman–Crippen LogP) is 5.83. The molecule has 0 aliphatic carbocycles. The lowest BCUT2D eigenvalue weighted by molar-refractivity contribution is 0.269. The SMILES string of the molecule is CCOc1cc(CNCCSc2nnnn2-c2ccccc2)cc(Cl)c1OCc1ccc(Cl)cc1. The minimum absolute atomic E-state index is 0.369. The molecule has 1 aromatic heterocycles. The fraction of sp³-hybridized carbons (Fsp3) is 0.240. The minimum atomic E-state index is 0.369. The van der Waals surface area contributed by atoms with Crippen molar-refractivity contribution in [1.29, 1.82) is 0 Å². The quantitative estimate of drug-likeness (QED) is 0.183. The van der Waals surface area contributed by atoms with Crippen LogP contribution in [0, 0.1) is 0 Å². The molecule has 0 radical (unpaired) electrons. The van der Waals surface area contributed by atoms with Gasteiger partial charge in [0.15, 0.2) is 11.5 Å². The van der Waals surface area contributed by atoms with Crippen molar-refractivity contribution in [3.63, 3.8) is 0 Å². The molecule has 0 spiro atoms. The summed E-state index contributed by atoms with van der Waals surface area (Å²) in [5, 5.41) is 17.4. The normalized spacial score (nSPS) is 10.9. The first-order valence-corrected chi connectivity index (χ1v) is 12.9. The molecule has 7 nitrogen and oxygen atoms in total. The Morgan fingerprint density at radius 3 is 2.54 bits per heavy atom. The van der Waals surface area contributed by atoms with E-state index in [1.54, 1.807) is 16.4 Å². The van der Waals surface area contributed by atoms with Gasteiger partial charge in [-0.25, -0.2) is 0 Å². The third-order valence-electron chi connectivity index (χ3n) is 4.95. The molecule has 0 fully saturated rings. The number of rotatable bonds is 12. The largest absolute Gasteiger partial charge is 0.490 e. The van der Waals surface area contributed by atoms with Gasteiger partial charge in [-0.05, 0) is 64.9 Å². The molecule has 0 atom stereocenters. The first-order chi connectivity index (χ1) is 17.1. The summed E-state index contributed by atoms with van der Waals surface area (Å²) in [5.41, 5.74) is 2.94. The van der Waals surface area contributed by atoms with Gasteiger partial charge in [0, 0.05) is 23.9 Å². The lowest BCUT2D eigenvalue weighted by atomic mass is 10.2. The molecule has 0 unspecified atom stereocenters. The van der Waals surface area contributed by atoms with Gasteiger partial charge >= 0.3 is 0 Å². The molecule has 1 N–H and O–H groups in total. The summed E-state index contributed by atoms with van der Waals surface area (Å²) < 4.78 is 13.5. The van der Waals surface area contributed by atoms with E-state index >= 15 is 0 Å². The molecule has 35 heavy (non-hydrogen) atoms. The third kappa shape index (κ3) is 7.11. The number of thioether (sulfide) groups is 1. The maximum Gasteiger partial charge on any atom is 0.214 e. The predicted molar refractivity (Wildman–Crippen MR) is 140 cm³/mol. The zero-order valence-corrected chi connectivity index (χ0v) is 21.5. The summed E-state index contributed by atoms with van der Waals surface area (Å²) in [6.45, 7) is 4.22. The summed E-state index contributed by atoms with van der Waals surface area (Å²) >= 11 is 14.1. The van der Waals surface area contributed by atoms with Crippen molar-refractivity contribution in [2.24, 2.45) is 0 Å². The molecular formula is C25H25Cl2N5O2S. The highest BCUT2D eigenvalue weighted by atomic mass is 35.5. The zero-order chi connectivity index (χ0) is 24.5. The van der Waals surface area contributed by atoms with Crippen LogP contribution in [-0.4, -0.2) is 39.1 Å². The van der Waals surface area contributed by atoms with Crippen LogP contribution in [-0.2, 0) is 13.2 Å². The van der Waals surface area contributed by atoms with Crippen molar-refractivity contribution in [1.82, 2.24) is 25.5 Å². The van der Waals surface area contributed by atoms with Gasteiger partial charge in [-0.15, -0.1) is 5.10 Å². The topological polar surface area (TPSA) is 74.1 Å². The molecular weight excluding hydrogens is 505 g/mol. The fourth-order valence-electron chi connectivity index (χ4n) is 3.31. The Labute approximate surface area is 218 Å². The van der Waals surface area contributed by atoms with E-state index in [4.69, 9.17) is 32.7 Å². The van der Waals surface area contributed by atoms with Gasteiger partial charge < -0.3 is 14.8 Å². The van der Waals surface area contributed by atoms with Crippen molar-refractivity contribution in [3.05, 3.63) is 87.9 Å². The van der Waals surface area contributed by atoms with Crippen LogP contribution in [0.1, 0.15) is 18.1 Å².